The number of aromatic nitrogens is 3. The Hall–Kier alpha value is -5.06. The van der Waals surface area contributed by atoms with E-state index in [-0.39, 0.29) is 22.7 Å². The Balaban J connectivity index is 1.69. The number of carbonyl (C=O) groups is 3. The number of anilines is 2. The highest BCUT2D eigenvalue weighted by Gasteiger charge is 2.24. The zero-order valence-corrected chi connectivity index (χ0v) is 24.9. The first-order valence-electron chi connectivity index (χ1n) is 13.6. The van der Waals surface area contributed by atoms with Gasteiger partial charge in [-0.3, -0.25) is 14.9 Å². The van der Waals surface area contributed by atoms with Crippen molar-refractivity contribution in [2.75, 3.05) is 10.6 Å². The molecule has 4 aromatic rings. The molecular formula is C32H34FN5O5. The van der Waals surface area contributed by atoms with Crippen molar-refractivity contribution in [1.29, 1.82) is 0 Å². The number of Topliss-reactive ketones (excluding diaryl/α,β-unsaturated/α-hetero) is 1. The highest BCUT2D eigenvalue weighted by atomic mass is 19.1. The molecule has 0 aliphatic rings. The van der Waals surface area contributed by atoms with E-state index in [0.717, 1.165) is 0 Å². The van der Waals surface area contributed by atoms with Gasteiger partial charge in [0.1, 0.15) is 22.8 Å². The zero-order valence-electron chi connectivity index (χ0n) is 24.9. The number of nitrogens with zero attached hydrogens (tertiary/aromatic N) is 3. The summed E-state index contributed by atoms with van der Waals surface area (Å²) in [6, 6.07) is 15.8. The maximum absolute atomic E-state index is 15.0. The first-order chi connectivity index (χ1) is 20.2. The number of ether oxygens (including phenoxy) is 2. The van der Waals surface area contributed by atoms with Crippen LogP contribution in [0.25, 0.3) is 16.8 Å². The van der Waals surface area contributed by atoms with E-state index < -0.39 is 41.2 Å². The number of benzene rings is 3. The summed E-state index contributed by atoms with van der Waals surface area (Å²) in [6.07, 6.45) is 1.87. The lowest BCUT2D eigenvalue weighted by Crippen LogP contribution is -2.28. The Labute approximate surface area is 249 Å². The lowest BCUT2D eigenvalue weighted by Gasteiger charge is -2.26. The van der Waals surface area contributed by atoms with Gasteiger partial charge in [0.25, 0.3) is 0 Å². The van der Waals surface area contributed by atoms with Crippen molar-refractivity contribution >= 4 is 29.2 Å². The van der Waals surface area contributed by atoms with Gasteiger partial charge < -0.3 is 14.8 Å². The third-order valence-corrected chi connectivity index (χ3v) is 5.79. The van der Waals surface area contributed by atoms with Gasteiger partial charge in [0.2, 0.25) is 5.91 Å². The minimum Gasteiger partial charge on any atom is -0.487 e. The van der Waals surface area contributed by atoms with Crippen molar-refractivity contribution in [3.63, 3.8) is 0 Å². The Morgan fingerprint density at radius 3 is 2.23 bits per heavy atom. The van der Waals surface area contributed by atoms with E-state index in [1.54, 1.807) is 69.4 Å². The number of rotatable bonds is 8. The molecule has 0 atom stereocenters. The molecule has 0 fully saturated rings. The van der Waals surface area contributed by atoms with Crippen molar-refractivity contribution in [2.24, 2.45) is 0 Å². The zero-order chi connectivity index (χ0) is 31.4. The predicted octanol–water partition coefficient (Wildman–Crippen LogP) is 6.81. The molecule has 0 bridgehead atoms. The summed E-state index contributed by atoms with van der Waals surface area (Å²) in [6.45, 7) is 10.6. The molecule has 0 saturated carbocycles. The summed E-state index contributed by atoms with van der Waals surface area (Å²) < 4.78 is 28.0. The summed E-state index contributed by atoms with van der Waals surface area (Å²) in [5.41, 5.74) is 0.265. The van der Waals surface area contributed by atoms with Crippen molar-refractivity contribution < 1.29 is 28.2 Å². The van der Waals surface area contributed by atoms with Gasteiger partial charge in [-0.2, -0.15) is 0 Å². The maximum atomic E-state index is 15.0. The van der Waals surface area contributed by atoms with Crippen molar-refractivity contribution in [1.82, 2.24) is 15.0 Å². The normalized spacial score (nSPS) is 11.5. The smallest absolute Gasteiger partial charge is 0.412 e. The second kappa shape index (κ2) is 12.4. The average molecular weight is 588 g/mol. The van der Waals surface area contributed by atoms with Crippen LogP contribution < -0.4 is 15.4 Å². The van der Waals surface area contributed by atoms with Crippen LogP contribution in [0.3, 0.4) is 0 Å². The number of amides is 2. The molecular weight excluding hydrogens is 553 g/mol. The second-order valence-electron chi connectivity index (χ2n) is 11.8. The Kier molecular flexibility index (Phi) is 8.93. The molecule has 2 amide bonds. The first-order valence-corrected chi connectivity index (χ1v) is 13.6. The minimum atomic E-state index is -0.793. The average Bonchev–Trinajstić information content (AvgIpc) is 3.44. The van der Waals surface area contributed by atoms with E-state index >= 15 is 0 Å². The minimum absolute atomic E-state index is 0.125. The topological polar surface area (TPSA) is 124 Å². The van der Waals surface area contributed by atoms with Crippen LogP contribution in [-0.4, -0.2) is 44.0 Å². The summed E-state index contributed by atoms with van der Waals surface area (Å²) in [5, 5.41) is 13.0. The number of halogens is 1. The monoisotopic (exact) mass is 587 g/mol. The molecule has 4 rings (SSSR count). The van der Waals surface area contributed by atoms with Gasteiger partial charge in [0.05, 0.1) is 35.9 Å². The highest BCUT2D eigenvalue weighted by Crippen LogP contribution is 2.40. The van der Waals surface area contributed by atoms with Gasteiger partial charge in [-0.05, 0) is 65.8 Å². The molecule has 10 nitrogen and oxygen atoms in total. The molecule has 0 unspecified atom stereocenters. The molecule has 0 aliphatic heterocycles. The number of carbonyl (C=O) groups excluding carboxylic acids is 3. The van der Waals surface area contributed by atoms with E-state index in [9.17, 15) is 18.8 Å². The van der Waals surface area contributed by atoms with E-state index in [4.69, 9.17) is 9.47 Å². The summed E-state index contributed by atoms with van der Waals surface area (Å²) in [5.74, 6) is -1.33. The first kappa shape index (κ1) is 30.9. The van der Waals surface area contributed by atoms with Crippen LogP contribution in [0.5, 0.6) is 5.75 Å². The van der Waals surface area contributed by atoms with Crippen LogP contribution in [-0.2, 0) is 9.53 Å². The fourth-order valence-electron chi connectivity index (χ4n) is 4.11. The Bertz CT molecular complexity index is 1640. The maximum Gasteiger partial charge on any atom is 0.412 e. The Morgan fingerprint density at radius 1 is 0.860 bits per heavy atom. The third kappa shape index (κ3) is 8.48. The van der Waals surface area contributed by atoms with Crippen molar-refractivity contribution in [3.8, 4) is 22.6 Å². The van der Waals surface area contributed by atoms with Crippen LogP contribution in [0, 0.1) is 5.82 Å². The molecule has 224 valence electrons. The van der Waals surface area contributed by atoms with Crippen molar-refractivity contribution in [2.45, 2.75) is 59.2 Å². The van der Waals surface area contributed by atoms with Gasteiger partial charge in [-0.25, -0.2) is 13.9 Å². The number of hydrogen-bond acceptors (Lipinski definition) is 7. The quantitative estimate of drug-likeness (QED) is 0.171. The second-order valence-corrected chi connectivity index (χ2v) is 11.8. The lowest BCUT2D eigenvalue weighted by molar-refractivity contribution is -0.115. The fourth-order valence-corrected chi connectivity index (χ4v) is 4.11. The third-order valence-electron chi connectivity index (χ3n) is 5.79. The van der Waals surface area contributed by atoms with Crippen molar-refractivity contribution in [3.05, 3.63) is 84.4 Å². The Morgan fingerprint density at radius 2 is 1.58 bits per heavy atom. The molecule has 0 saturated heterocycles. The van der Waals surface area contributed by atoms with Gasteiger partial charge in [-0.1, -0.05) is 35.5 Å². The summed E-state index contributed by atoms with van der Waals surface area (Å²) in [7, 11) is 0. The van der Waals surface area contributed by atoms with E-state index in [0.29, 0.717) is 16.8 Å². The molecule has 11 heteroatoms. The molecule has 3 aromatic carbocycles. The van der Waals surface area contributed by atoms with Gasteiger partial charge in [0.15, 0.2) is 5.78 Å². The van der Waals surface area contributed by atoms with Crippen LogP contribution in [0.15, 0.2) is 73.1 Å². The predicted molar refractivity (Wildman–Crippen MR) is 161 cm³/mol. The summed E-state index contributed by atoms with van der Waals surface area (Å²) >= 11 is 0. The molecule has 43 heavy (non-hydrogen) atoms. The van der Waals surface area contributed by atoms with Crippen LogP contribution >= 0.6 is 0 Å². The fraction of sp³-hybridized carbons (Fsp3) is 0.281. The molecule has 0 radical (unpaired) electrons. The highest BCUT2D eigenvalue weighted by molar-refractivity contribution is 6.12. The molecule has 1 heterocycles. The van der Waals surface area contributed by atoms with Crippen LogP contribution in [0.4, 0.5) is 20.6 Å². The van der Waals surface area contributed by atoms with E-state index in [1.165, 1.54) is 29.1 Å². The molecule has 0 aliphatic carbocycles. The van der Waals surface area contributed by atoms with Gasteiger partial charge in [0, 0.05) is 22.8 Å². The van der Waals surface area contributed by atoms with E-state index in [2.05, 4.69) is 20.9 Å². The van der Waals surface area contributed by atoms with Gasteiger partial charge >= 0.3 is 6.09 Å². The molecule has 1 aromatic heterocycles. The van der Waals surface area contributed by atoms with Gasteiger partial charge in [-0.15, -0.1) is 5.10 Å². The summed E-state index contributed by atoms with van der Waals surface area (Å²) in [4.78, 5) is 39.0. The van der Waals surface area contributed by atoms with Crippen LogP contribution in [0.1, 0.15) is 58.3 Å². The SMILES string of the molecule is CC(C)(C)OC(=O)Nc1cc(OC(C)(C)C)c(-c2ccccc2F)cc1NC(=O)CC(=O)c1cccc(-n2ccnn2)c1. The molecule has 2 N–H and O–H groups in total. The number of nitrogens with one attached hydrogen (secondary N) is 2. The van der Waals surface area contributed by atoms with E-state index in [1.807, 2.05) is 20.8 Å². The lowest BCUT2D eigenvalue weighted by atomic mass is 10.0. The number of ketones is 1. The standard InChI is InChI=1S/C32H34FN5O5/c1-31(2,3)42-28-18-26(36-30(41)43-32(4,5)6)25(17-23(28)22-12-7-8-13-24(22)33)35-29(40)19-27(39)20-10-9-11-21(16-20)38-15-14-34-37-38/h7-18H,19H2,1-6H3,(H,35,40)(H,36,41). The van der Waals surface area contributed by atoms with Crippen LogP contribution in [0.2, 0.25) is 0 Å². The molecule has 0 spiro atoms. The number of hydrogen-bond donors (Lipinski definition) is 2. The largest absolute Gasteiger partial charge is 0.487 e.